The van der Waals surface area contributed by atoms with Gasteiger partial charge < -0.3 is 20.1 Å². The number of carboxylic acids is 1. The summed E-state index contributed by atoms with van der Waals surface area (Å²) in [7, 11) is 2.85. The monoisotopic (exact) mass is 288 g/mol. The number of carbonyl (C=O) groups is 3. The van der Waals surface area contributed by atoms with Crippen LogP contribution in [0.25, 0.3) is 0 Å². The Kier molecular flexibility index (Phi) is 8.35. The Hall–Kier alpha value is -1.79. The van der Waals surface area contributed by atoms with E-state index in [1.54, 1.807) is 14.0 Å². The zero-order chi connectivity index (χ0) is 15.7. The Morgan fingerprint density at radius 2 is 1.95 bits per heavy atom. The predicted molar refractivity (Wildman–Crippen MR) is 73.3 cm³/mol. The van der Waals surface area contributed by atoms with Gasteiger partial charge in [-0.3, -0.25) is 9.59 Å². The van der Waals surface area contributed by atoms with Gasteiger partial charge in [0.05, 0.1) is 19.4 Å². The molecule has 2 amide bonds. The zero-order valence-corrected chi connectivity index (χ0v) is 12.5. The zero-order valence-electron chi connectivity index (χ0n) is 12.5. The van der Waals surface area contributed by atoms with E-state index in [4.69, 9.17) is 5.11 Å². The maximum atomic E-state index is 11.9. The largest absolute Gasteiger partial charge is 0.481 e. The standard InChI is InChI=1S/C13H24N2O5/c1-5-6-10(7-11(16)17)14-13(19)15(3)8-9(2)12(18)20-4/h9-10H,5-8H2,1-4H3,(H,14,19)(H,16,17). The minimum absolute atomic E-state index is 0.111. The van der Waals surface area contributed by atoms with Gasteiger partial charge in [-0.05, 0) is 6.42 Å². The number of carbonyl (C=O) groups excluding carboxylic acids is 2. The summed E-state index contributed by atoms with van der Waals surface area (Å²) < 4.78 is 4.59. The van der Waals surface area contributed by atoms with Gasteiger partial charge in [-0.25, -0.2) is 4.79 Å². The molecule has 2 atom stereocenters. The van der Waals surface area contributed by atoms with E-state index >= 15 is 0 Å². The molecule has 0 aliphatic rings. The fourth-order valence-corrected chi connectivity index (χ4v) is 1.84. The van der Waals surface area contributed by atoms with Crippen LogP contribution in [0.5, 0.6) is 0 Å². The first kappa shape index (κ1) is 18.2. The number of aliphatic carboxylic acids is 1. The lowest BCUT2D eigenvalue weighted by Gasteiger charge is -2.24. The smallest absolute Gasteiger partial charge is 0.317 e. The molecule has 20 heavy (non-hydrogen) atoms. The Labute approximate surface area is 119 Å². The van der Waals surface area contributed by atoms with Crippen molar-refractivity contribution in [3.8, 4) is 0 Å². The first-order valence-corrected chi connectivity index (χ1v) is 6.63. The van der Waals surface area contributed by atoms with E-state index in [0.29, 0.717) is 6.42 Å². The average molecular weight is 288 g/mol. The lowest BCUT2D eigenvalue weighted by Crippen LogP contribution is -2.45. The highest BCUT2D eigenvalue weighted by atomic mass is 16.5. The van der Waals surface area contributed by atoms with Gasteiger partial charge in [0.2, 0.25) is 0 Å². The van der Waals surface area contributed by atoms with E-state index in [1.807, 2.05) is 6.92 Å². The number of rotatable bonds is 8. The van der Waals surface area contributed by atoms with Gasteiger partial charge in [0.15, 0.2) is 0 Å². The number of amides is 2. The SMILES string of the molecule is CCCC(CC(=O)O)NC(=O)N(C)CC(C)C(=O)OC. The number of nitrogens with one attached hydrogen (secondary N) is 1. The number of hydrogen-bond donors (Lipinski definition) is 2. The summed E-state index contributed by atoms with van der Waals surface area (Å²) >= 11 is 0. The van der Waals surface area contributed by atoms with Crippen molar-refractivity contribution >= 4 is 18.0 Å². The van der Waals surface area contributed by atoms with Crippen molar-refractivity contribution < 1.29 is 24.2 Å². The molecule has 0 aromatic heterocycles. The summed E-state index contributed by atoms with van der Waals surface area (Å²) in [6.45, 7) is 3.80. The van der Waals surface area contributed by atoms with Gasteiger partial charge in [0.1, 0.15) is 0 Å². The molecule has 0 bridgehead atoms. The molecule has 0 saturated carbocycles. The molecule has 0 radical (unpaired) electrons. The summed E-state index contributed by atoms with van der Waals surface area (Å²) in [6, 6.07) is -0.790. The summed E-state index contributed by atoms with van der Waals surface area (Å²) in [6.07, 6.45) is 1.26. The van der Waals surface area contributed by atoms with Crippen LogP contribution in [0.2, 0.25) is 0 Å². The lowest BCUT2D eigenvalue weighted by molar-refractivity contribution is -0.145. The maximum Gasteiger partial charge on any atom is 0.317 e. The van der Waals surface area contributed by atoms with E-state index in [1.165, 1.54) is 12.0 Å². The third kappa shape index (κ3) is 6.96. The second-order valence-corrected chi connectivity index (χ2v) is 4.84. The van der Waals surface area contributed by atoms with Crippen LogP contribution < -0.4 is 5.32 Å². The summed E-state index contributed by atoms with van der Waals surface area (Å²) in [4.78, 5) is 35.3. The van der Waals surface area contributed by atoms with Gasteiger partial charge in [-0.1, -0.05) is 20.3 Å². The van der Waals surface area contributed by atoms with Gasteiger partial charge in [0.25, 0.3) is 0 Å². The summed E-state index contributed by atoms with van der Waals surface area (Å²) in [5, 5.41) is 11.5. The quantitative estimate of drug-likeness (QED) is 0.652. The van der Waals surface area contributed by atoms with E-state index in [-0.39, 0.29) is 25.0 Å². The highest BCUT2D eigenvalue weighted by Crippen LogP contribution is 2.05. The van der Waals surface area contributed by atoms with Crippen LogP contribution in [0.4, 0.5) is 4.79 Å². The third-order valence-electron chi connectivity index (χ3n) is 2.88. The first-order chi connectivity index (χ1) is 9.31. The first-order valence-electron chi connectivity index (χ1n) is 6.63. The number of ether oxygens (including phenoxy) is 1. The number of esters is 1. The molecule has 0 aliphatic heterocycles. The average Bonchev–Trinajstić information content (AvgIpc) is 2.36. The fourth-order valence-electron chi connectivity index (χ4n) is 1.84. The van der Waals surface area contributed by atoms with E-state index < -0.39 is 17.9 Å². The van der Waals surface area contributed by atoms with Crippen molar-refractivity contribution in [3.63, 3.8) is 0 Å². The molecule has 0 heterocycles. The minimum Gasteiger partial charge on any atom is -0.481 e. The predicted octanol–water partition coefficient (Wildman–Crippen LogP) is 1.08. The molecule has 116 valence electrons. The van der Waals surface area contributed by atoms with Crippen molar-refractivity contribution in [1.82, 2.24) is 10.2 Å². The second-order valence-electron chi connectivity index (χ2n) is 4.84. The Morgan fingerprint density at radius 3 is 2.40 bits per heavy atom. The normalized spacial score (nSPS) is 13.2. The van der Waals surface area contributed by atoms with Crippen LogP contribution in [0, 0.1) is 5.92 Å². The molecule has 0 saturated heterocycles. The Balaban J connectivity index is 4.40. The Bertz CT molecular complexity index is 346. The topological polar surface area (TPSA) is 95.9 Å². The van der Waals surface area contributed by atoms with Crippen LogP contribution in [-0.4, -0.2) is 54.7 Å². The molecule has 0 rings (SSSR count). The molecule has 7 heteroatoms. The van der Waals surface area contributed by atoms with Gasteiger partial charge >= 0.3 is 18.0 Å². The van der Waals surface area contributed by atoms with Gasteiger partial charge in [-0.15, -0.1) is 0 Å². The van der Waals surface area contributed by atoms with Crippen LogP contribution in [-0.2, 0) is 14.3 Å². The number of nitrogens with zero attached hydrogens (tertiary/aromatic N) is 1. The lowest BCUT2D eigenvalue weighted by atomic mass is 10.1. The van der Waals surface area contributed by atoms with Crippen LogP contribution >= 0.6 is 0 Å². The second kappa shape index (κ2) is 9.17. The van der Waals surface area contributed by atoms with Crippen molar-refractivity contribution in [2.24, 2.45) is 5.92 Å². The number of hydrogen-bond acceptors (Lipinski definition) is 4. The summed E-state index contributed by atoms with van der Waals surface area (Å²) in [5.74, 6) is -1.77. The molecule has 0 spiro atoms. The number of urea groups is 1. The molecule has 0 fully saturated rings. The molecule has 0 aromatic carbocycles. The summed E-state index contributed by atoms with van der Waals surface area (Å²) in [5.41, 5.74) is 0. The van der Waals surface area contributed by atoms with Gasteiger partial charge in [-0.2, -0.15) is 0 Å². The molecule has 7 nitrogen and oxygen atoms in total. The van der Waals surface area contributed by atoms with Crippen LogP contribution in [0.1, 0.15) is 33.1 Å². The Morgan fingerprint density at radius 1 is 1.35 bits per heavy atom. The third-order valence-corrected chi connectivity index (χ3v) is 2.88. The van der Waals surface area contributed by atoms with Crippen LogP contribution in [0.15, 0.2) is 0 Å². The molecule has 0 aromatic rings. The number of methoxy groups -OCH3 is 1. The minimum atomic E-state index is -0.950. The highest BCUT2D eigenvalue weighted by molar-refractivity contribution is 5.77. The molecule has 0 aliphatic carbocycles. The van der Waals surface area contributed by atoms with Gasteiger partial charge in [0, 0.05) is 19.6 Å². The highest BCUT2D eigenvalue weighted by Gasteiger charge is 2.21. The number of carboxylic acid groups (broad SMARTS) is 1. The fraction of sp³-hybridized carbons (Fsp3) is 0.769. The van der Waals surface area contributed by atoms with E-state index in [9.17, 15) is 14.4 Å². The van der Waals surface area contributed by atoms with Crippen molar-refractivity contribution in [2.75, 3.05) is 20.7 Å². The van der Waals surface area contributed by atoms with Crippen molar-refractivity contribution in [1.29, 1.82) is 0 Å². The molecular formula is C13H24N2O5. The van der Waals surface area contributed by atoms with E-state index in [2.05, 4.69) is 10.1 Å². The maximum absolute atomic E-state index is 11.9. The van der Waals surface area contributed by atoms with Crippen LogP contribution in [0.3, 0.4) is 0 Å². The molecular weight excluding hydrogens is 264 g/mol. The van der Waals surface area contributed by atoms with Crippen molar-refractivity contribution in [2.45, 2.75) is 39.2 Å². The van der Waals surface area contributed by atoms with Crippen molar-refractivity contribution in [3.05, 3.63) is 0 Å². The van der Waals surface area contributed by atoms with E-state index in [0.717, 1.165) is 6.42 Å². The molecule has 2 N–H and O–H groups in total. The molecule has 2 unspecified atom stereocenters.